The highest BCUT2D eigenvalue weighted by Gasteiger charge is 2.27. The molecule has 1 aromatic rings. The maximum Gasteiger partial charge on any atom is 0.411 e. The van der Waals surface area contributed by atoms with Crippen molar-refractivity contribution in [2.75, 3.05) is 13.2 Å². The third-order valence-electron chi connectivity index (χ3n) is 2.14. The Balaban J connectivity index is 2.46. The van der Waals surface area contributed by atoms with E-state index < -0.39 is 18.9 Å². The van der Waals surface area contributed by atoms with Gasteiger partial charge in [0.2, 0.25) is 0 Å². The van der Waals surface area contributed by atoms with Gasteiger partial charge in [-0.1, -0.05) is 35.3 Å². The van der Waals surface area contributed by atoms with Crippen LogP contribution >= 0.6 is 23.2 Å². The Kier molecular flexibility index (Phi) is 5.72. The molecule has 0 fully saturated rings. The van der Waals surface area contributed by atoms with Crippen LogP contribution in [-0.4, -0.2) is 24.5 Å². The highest BCUT2D eigenvalue weighted by Crippen LogP contribution is 2.31. The van der Waals surface area contributed by atoms with Crippen LogP contribution in [0.15, 0.2) is 18.2 Å². The van der Waals surface area contributed by atoms with E-state index in [9.17, 15) is 18.3 Å². The Morgan fingerprint density at radius 3 is 2.56 bits per heavy atom. The second-order valence-corrected chi connectivity index (χ2v) is 4.40. The Labute approximate surface area is 112 Å². The zero-order chi connectivity index (χ0) is 13.8. The molecule has 0 amide bonds. The van der Waals surface area contributed by atoms with Crippen molar-refractivity contribution in [3.63, 3.8) is 0 Å². The number of halogens is 5. The van der Waals surface area contributed by atoms with E-state index in [2.05, 4.69) is 4.74 Å². The van der Waals surface area contributed by atoms with E-state index in [1.165, 1.54) is 0 Å². The van der Waals surface area contributed by atoms with Crippen LogP contribution in [-0.2, 0) is 4.74 Å². The second-order valence-electron chi connectivity index (χ2n) is 3.62. The molecule has 0 aliphatic rings. The molecule has 102 valence electrons. The van der Waals surface area contributed by atoms with Crippen molar-refractivity contribution < 1.29 is 23.0 Å². The number of hydrogen-bond acceptors (Lipinski definition) is 2. The molecule has 18 heavy (non-hydrogen) atoms. The Hall–Kier alpha value is -0.490. The van der Waals surface area contributed by atoms with Gasteiger partial charge in [0.15, 0.2) is 0 Å². The molecule has 1 N–H and O–H groups in total. The molecule has 0 radical (unpaired) electrons. The van der Waals surface area contributed by atoms with Crippen LogP contribution in [0.2, 0.25) is 10.0 Å². The zero-order valence-corrected chi connectivity index (χ0v) is 10.7. The summed E-state index contributed by atoms with van der Waals surface area (Å²) in [6.45, 7) is -1.55. The van der Waals surface area contributed by atoms with Crippen LogP contribution in [0, 0.1) is 0 Å². The lowest BCUT2D eigenvalue weighted by molar-refractivity contribution is -0.175. The van der Waals surface area contributed by atoms with Crippen LogP contribution in [0.25, 0.3) is 0 Å². The summed E-state index contributed by atoms with van der Waals surface area (Å²) >= 11 is 11.6. The fraction of sp³-hybridized carbons (Fsp3) is 0.455. The molecule has 7 heteroatoms. The standard InChI is InChI=1S/C11H11Cl2F3O2/c12-8-3-1-2-7(10(8)13)9(17)4-5-18-6-11(14,15)16/h1-3,9,17H,4-6H2. The summed E-state index contributed by atoms with van der Waals surface area (Å²) in [5.41, 5.74) is 0.375. The van der Waals surface area contributed by atoms with Crippen molar-refractivity contribution in [3.8, 4) is 0 Å². The first kappa shape index (κ1) is 15.6. The summed E-state index contributed by atoms with van der Waals surface area (Å²) in [6, 6.07) is 4.71. The third-order valence-corrected chi connectivity index (χ3v) is 2.98. The molecule has 1 rings (SSSR count). The quantitative estimate of drug-likeness (QED) is 0.833. The molecule has 2 nitrogen and oxygen atoms in total. The lowest BCUT2D eigenvalue weighted by atomic mass is 10.1. The van der Waals surface area contributed by atoms with Crippen LogP contribution < -0.4 is 0 Å². The van der Waals surface area contributed by atoms with Crippen LogP contribution in [0.5, 0.6) is 0 Å². The topological polar surface area (TPSA) is 29.5 Å². The van der Waals surface area contributed by atoms with E-state index in [4.69, 9.17) is 23.2 Å². The largest absolute Gasteiger partial charge is 0.411 e. The van der Waals surface area contributed by atoms with Gasteiger partial charge in [0.1, 0.15) is 6.61 Å². The fourth-order valence-electron chi connectivity index (χ4n) is 1.32. The molecular weight excluding hydrogens is 292 g/mol. The Morgan fingerprint density at radius 2 is 1.94 bits per heavy atom. The molecule has 0 aliphatic heterocycles. The first-order valence-corrected chi connectivity index (χ1v) is 5.83. The lowest BCUT2D eigenvalue weighted by Crippen LogP contribution is -2.18. The normalized spacial score (nSPS) is 13.7. The fourth-order valence-corrected chi connectivity index (χ4v) is 1.75. The summed E-state index contributed by atoms with van der Waals surface area (Å²) in [4.78, 5) is 0. The van der Waals surface area contributed by atoms with Gasteiger partial charge >= 0.3 is 6.18 Å². The van der Waals surface area contributed by atoms with Crippen LogP contribution in [0.1, 0.15) is 18.1 Å². The van der Waals surface area contributed by atoms with Crippen molar-refractivity contribution in [2.24, 2.45) is 0 Å². The molecule has 1 unspecified atom stereocenters. The highest BCUT2D eigenvalue weighted by molar-refractivity contribution is 6.42. The molecule has 0 saturated heterocycles. The van der Waals surface area contributed by atoms with Crippen molar-refractivity contribution >= 4 is 23.2 Å². The monoisotopic (exact) mass is 302 g/mol. The van der Waals surface area contributed by atoms with Gasteiger partial charge in [0.05, 0.1) is 16.1 Å². The van der Waals surface area contributed by atoms with E-state index >= 15 is 0 Å². The smallest absolute Gasteiger partial charge is 0.388 e. The second kappa shape index (κ2) is 6.61. The summed E-state index contributed by atoms with van der Waals surface area (Å²) < 4.78 is 39.8. The molecule has 0 aromatic heterocycles. The minimum Gasteiger partial charge on any atom is -0.388 e. The van der Waals surface area contributed by atoms with Gasteiger partial charge in [-0.3, -0.25) is 0 Å². The third kappa shape index (κ3) is 5.02. The zero-order valence-electron chi connectivity index (χ0n) is 9.18. The molecule has 0 aliphatic carbocycles. The number of alkyl halides is 3. The van der Waals surface area contributed by atoms with Crippen molar-refractivity contribution in [1.82, 2.24) is 0 Å². The average molecular weight is 303 g/mol. The van der Waals surface area contributed by atoms with Crippen molar-refractivity contribution in [3.05, 3.63) is 33.8 Å². The molecule has 0 bridgehead atoms. The summed E-state index contributed by atoms with van der Waals surface area (Å²) in [5, 5.41) is 10.2. The lowest BCUT2D eigenvalue weighted by Gasteiger charge is -2.14. The molecule has 1 atom stereocenters. The Bertz CT molecular complexity index is 396. The summed E-state index contributed by atoms with van der Waals surface area (Å²) in [7, 11) is 0. The summed E-state index contributed by atoms with van der Waals surface area (Å²) in [5.74, 6) is 0. The minimum atomic E-state index is -4.36. The number of rotatable bonds is 5. The van der Waals surface area contributed by atoms with Crippen molar-refractivity contribution in [1.29, 1.82) is 0 Å². The molecule has 1 aromatic carbocycles. The number of aliphatic hydroxyl groups excluding tert-OH is 1. The summed E-state index contributed by atoms with van der Waals surface area (Å²) in [6.07, 6.45) is -5.36. The van der Waals surface area contributed by atoms with Gasteiger partial charge in [0.25, 0.3) is 0 Å². The number of aliphatic hydroxyl groups is 1. The average Bonchev–Trinajstić information content (AvgIpc) is 2.26. The van der Waals surface area contributed by atoms with E-state index in [1.807, 2.05) is 0 Å². The van der Waals surface area contributed by atoms with Gasteiger partial charge in [-0.05, 0) is 6.07 Å². The number of hydrogen-bond donors (Lipinski definition) is 1. The van der Waals surface area contributed by atoms with E-state index in [0.29, 0.717) is 5.56 Å². The predicted molar refractivity (Wildman–Crippen MR) is 62.9 cm³/mol. The molecule has 0 heterocycles. The number of ether oxygens (including phenoxy) is 1. The van der Waals surface area contributed by atoms with Gasteiger partial charge in [-0.25, -0.2) is 0 Å². The minimum absolute atomic E-state index is 0.0101. The predicted octanol–water partition coefficient (Wildman–Crippen LogP) is 4.00. The molecule has 0 spiro atoms. The highest BCUT2D eigenvalue weighted by atomic mass is 35.5. The van der Waals surface area contributed by atoms with Gasteiger partial charge in [0, 0.05) is 18.6 Å². The van der Waals surface area contributed by atoms with Gasteiger partial charge in [-0.15, -0.1) is 0 Å². The van der Waals surface area contributed by atoms with Crippen LogP contribution in [0.4, 0.5) is 13.2 Å². The number of benzene rings is 1. The van der Waals surface area contributed by atoms with Gasteiger partial charge in [-0.2, -0.15) is 13.2 Å². The maximum atomic E-state index is 11.8. The van der Waals surface area contributed by atoms with Crippen molar-refractivity contribution in [2.45, 2.75) is 18.7 Å². The van der Waals surface area contributed by atoms with E-state index in [-0.39, 0.29) is 23.1 Å². The molecule has 0 saturated carbocycles. The van der Waals surface area contributed by atoms with Crippen LogP contribution in [0.3, 0.4) is 0 Å². The molecular formula is C11H11Cl2F3O2. The SMILES string of the molecule is OC(CCOCC(F)(F)F)c1cccc(Cl)c1Cl. The van der Waals surface area contributed by atoms with E-state index in [1.54, 1.807) is 18.2 Å². The maximum absolute atomic E-state index is 11.8. The first-order valence-electron chi connectivity index (χ1n) is 5.07. The first-order chi connectivity index (χ1) is 8.31. The van der Waals surface area contributed by atoms with E-state index in [0.717, 1.165) is 0 Å². The Morgan fingerprint density at radius 1 is 1.28 bits per heavy atom. The van der Waals surface area contributed by atoms with Gasteiger partial charge < -0.3 is 9.84 Å².